The molecule has 232 valence electrons. The van der Waals surface area contributed by atoms with E-state index in [9.17, 15) is 9.36 Å². The van der Waals surface area contributed by atoms with E-state index in [4.69, 9.17) is 29.2 Å². The number of anilines is 1. The highest BCUT2D eigenvalue weighted by molar-refractivity contribution is 7.52. The number of hydrogen-bond donors (Lipinski definition) is 2. The number of hydrogen-bond acceptors (Lipinski definition) is 10. The topological polar surface area (TPSA) is 153 Å². The van der Waals surface area contributed by atoms with Crippen molar-refractivity contribution in [1.82, 2.24) is 24.6 Å². The van der Waals surface area contributed by atoms with Crippen LogP contribution in [0.4, 0.5) is 5.82 Å². The van der Waals surface area contributed by atoms with E-state index in [-0.39, 0.29) is 31.1 Å². The van der Waals surface area contributed by atoms with E-state index in [1.54, 1.807) is 39.1 Å². The summed E-state index contributed by atoms with van der Waals surface area (Å²) >= 11 is 0. The minimum atomic E-state index is -4.13. The van der Waals surface area contributed by atoms with Gasteiger partial charge < -0.3 is 24.3 Å². The van der Waals surface area contributed by atoms with Crippen molar-refractivity contribution in [3.8, 4) is 5.75 Å². The van der Waals surface area contributed by atoms with Crippen molar-refractivity contribution in [2.45, 2.75) is 78.7 Å². The van der Waals surface area contributed by atoms with Crippen molar-refractivity contribution in [3.05, 3.63) is 54.6 Å². The number of carbonyl (C=O) groups is 1. The highest BCUT2D eigenvalue weighted by atomic mass is 31.2. The highest BCUT2D eigenvalue weighted by Crippen LogP contribution is 2.46. The molecular formula is C30H41N6O6P. The van der Waals surface area contributed by atoms with E-state index < -0.39 is 19.8 Å². The fourth-order valence-electron chi connectivity index (χ4n) is 4.72. The number of aromatic nitrogens is 4. The van der Waals surface area contributed by atoms with Crippen molar-refractivity contribution >= 4 is 41.5 Å². The molecular weight excluding hydrogens is 571 g/mol. The maximum Gasteiger partial charge on any atom is 0.459 e. The van der Waals surface area contributed by atoms with Crippen LogP contribution in [0.1, 0.15) is 65.7 Å². The molecule has 3 atom stereocenters. The van der Waals surface area contributed by atoms with Gasteiger partial charge in [0.2, 0.25) is 0 Å². The molecule has 0 fully saturated rings. The van der Waals surface area contributed by atoms with Crippen molar-refractivity contribution in [2.75, 3.05) is 18.9 Å². The molecule has 0 bridgehead atoms. The summed E-state index contributed by atoms with van der Waals surface area (Å²) in [5, 5.41) is 3.63. The second kappa shape index (κ2) is 14.7. The molecule has 4 rings (SSSR count). The van der Waals surface area contributed by atoms with Crippen LogP contribution >= 0.6 is 7.75 Å². The van der Waals surface area contributed by atoms with E-state index in [1.165, 1.54) is 6.20 Å². The normalized spacial score (nSPS) is 14.6. The number of unbranched alkanes of at least 4 members (excludes halogenated alkanes) is 1. The summed E-state index contributed by atoms with van der Waals surface area (Å²) in [6, 6.07) is 9.68. The van der Waals surface area contributed by atoms with Crippen LogP contribution in [-0.4, -0.2) is 50.8 Å². The first-order valence-corrected chi connectivity index (χ1v) is 16.1. The standard InChI is InChI=1S/C30H41N6O6P/c1-6-8-12-22(18-40-43(38,42-23-13-11-16-32-17-23)35-21(5)30(37)41-20(3)4)36-26(19-39-7-2)34-27-28(36)24-14-9-10-15-25(24)33-29(27)31/h9-11,13-17,20-22H,6-8,12,18-19H2,1-5H3,(H2,31,33)(H,35,38)/t21-,22+,43?/m0/s1. The summed E-state index contributed by atoms with van der Waals surface area (Å²) in [4.78, 5) is 26.1. The van der Waals surface area contributed by atoms with E-state index in [1.807, 2.05) is 31.2 Å². The lowest BCUT2D eigenvalue weighted by Gasteiger charge is -2.27. The Morgan fingerprint density at radius 3 is 2.60 bits per heavy atom. The summed E-state index contributed by atoms with van der Waals surface area (Å²) < 4.78 is 39.4. The van der Waals surface area contributed by atoms with Crippen LogP contribution in [0.25, 0.3) is 21.9 Å². The molecule has 4 aromatic rings. The number of carbonyl (C=O) groups excluding carboxylic acids is 1. The largest absolute Gasteiger partial charge is 0.462 e. The predicted octanol–water partition coefficient (Wildman–Crippen LogP) is 5.96. The molecule has 0 spiro atoms. The number of esters is 1. The molecule has 1 aromatic carbocycles. The van der Waals surface area contributed by atoms with Crippen molar-refractivity contribution < 1.29 is 27.9 Å². The molecule has 0 aliphatic rings. The van der Waals surface area contributed by atoms with Crippen molar-refractivity contribution in [1.29, 1.82) is 0 Å². The number of benzene rings is 1. The van der Waals surface area contributed by atoms with E-state index in [0.717, 1.165) is 29.3 Å². The number of fused-ring (bicyclic) bond motifs is 3. The Labute approximate surface area is 251 Å². The summed E-state index contributed by atoms with van der Waals surface area (Å²) in [5.41, 5.74) is 8.49. The second-order valence-corrected chi connectivity index (χ2v) is 12.1. The number of pyridine rings is 2. The zero-order chi connectivity index (χ0) is 31.0. The maximum atomic E-state index is 14.2. The number of nitrogens with one attached hydrogen (secondary N) is 1. The minimum absolute atomic E-state index is 0.0301. The summed E-state index contributed by atoms with van der Waals surface area (Å²) in [6.45, 7) is 9.75. The van der Waals surface area contributed by atoms with Gasteiger partial charge in [-0.1, -0.05) is 38.0 Å². The molecule has 0 radical (unpaired) electrons. The highest BCUT2D eigenvalue weighted by Gasteiger charge is 2.34. The summed E-state index contributed by atoms with van der Waals surface area (Å²) in [5.74, 6) is 0.606. The van der Waals surface area contributed by atoms with Crippen LogP contribution in [0, 0.1) is 0 Å². The lowest BCUT2D eigenvalue weighted by Crippen LogP contribution is -2.36. The van der Waals surface area contributed by atoms with Crippen LogP contribution in [-0.2, 0) is 30.0 Å². The fraction of sp³-hybridized carbons (Fsp3) is 0.467. The first-order valence-electron chi connectivity index (χ1n) is 14.6. The SMILES string of the molecule is CCCC[C@H](COP(=O)(N[C@@H](C)C(=O)OC(C)C)Oc1cccnc1)n1c(COCC)nc2c(N)nc3ccccc3c21. The molecule has 0 aliphatic heterocycles. The van der Waals surface area contributed by atoms with E-state index >= 15 is 0 Å². The molecule has 12 nitrogen and oxygen atoms in total. The summed E-state index contributed by atoms with van der Waals surface area (Å²) in [6.07, 6.45) is 5.12. The van der Waals surface area contributed by atoms with Gasteiger partial charge >= 0.3 is 13.7 Å². The summed E-state index contributed by atoms with van der Waals surface area (Å²) in [7, 11) is -4.13. The van der Waals surface area contributed by atoms with Crippen LogP contribution in [0.15, 0.2) is 48.8 Å². The van der Waals surface area contributed by atoms with Gasteiger partial charge in [-0.3, -0.25) is 14.3 Å². The van der Waals surface area contributed by atoms with Gasteiger partial charge in [0.15, 0.2) is 5.82 Å². The Bertz CT molecular complexity index is 1560. The smallest absolute Gasteiger partial charge is 0.459 e. The second-order valence-electron chi connectivity index (χ2n) is 10.5. The minimum Gasteiger partial charge on any atom is -0.462 e. The zero-order valence-corrected chi connectivity index (χ0v) is 26.3. The molecule has 0 aliphatic carbocycles. The molecule has 0 amide bonds. The van der Waals surface area contributed by atoms with Gasteiger partial charge in [0.25, 0.3) is 0 Å². The van der Waals surface area contributed by atoms with E-state index in [0.29, 0.717) is 30.2 Å². The Hall–Kier alpha value is -3.57. The average Bonchev–Trinajstić information content (AvgIpc) is 3.36. The van der Waals surface area contributed by atoms with Gasteiger partial charge in [0.05, 0.1) is 36.0 Å². The van der Waals surface area contributed by atoms with Gasteiger partial charge in [0.1, 0.15) is 29.7 Å². The quantitative estimate of drug-likeness (QED) is 0.114. The maximum absolute atomic E-state index is 14.2. The average molecular weight is 613 g/mol. The third-order valence-electron chi connectivity index (χ3n) is 6.67. The molecule has 3 N–H and O–H groups in total. The molecule has 43 heavy (non-hydrogen) atoms. The van der Waals surface area contributed by atoms with Gasteiger partial charge in [-0.25, -0.2) is 14.5 Å². The van der Waals surface area contributed by atoms with Crippen LogP contribution < -0.4 is 15.3 Å². The number of ether oxygens (including phenoxy) is 2. The Morgan fingerprint density at radius 1 is 1.12 bits per heavy atom. The molecule has 3 heterocycles. The Morgan fingerprint density at radius 2 is 1.91 bits per heavy atom. The van der Waals surface area contributed by atoms with Gasteiger partial charge in [-0.15, -0.1) is 0 Å². The van der Waals surface area contributed by atoms with Gasteiger partial charge in [-0.2, -0.15) is 5.09 Å². The lowest BCUT2D eigenvalue weighted by atomic mass is 10.1. The number of para-hydroxylation sites is 1. The number of imidazole rings is 1. The van der Waals surface area contributed by atoms with E-state index in [2.05, 4.69) is 26.5 Å². The fourth-order valence-corrected chi connectivity index (χ4v) is 6.24. The van der Waals surface area contributed by atoms with Crippen molar-refractivity contribution in [2.24, 2.45) is 0 Å². The molecule has 0 saturated carbocycles. The first kappa shape index (κ1) is 32.3. The Kier molecular flexibility index (Phi) is 11.1. The lowest BCUT2D eigenvalue weighted by molar-refractivity contribution is -0.149. The first-order chi connectivity index (χ1) is 20.7. The number of rotatable bonds is 16. The van der Waals surface area contributed by atoms with Crippen LogP contribution in [0.2, 0.25) is 0 Å². The monoisotopic (exact) mass is 612 g/mol. The molecule has 0 saturated heterocycles. The third kappa shape index (κ3) is 8.08. The van der Waals surface area contributed by atoms with Crippen molar-refractivity contribution in [3.63, 3.8) is 0 Å². The molecule has 13 heteroatoms. The number of nitrogens with two attached hydrogens (primary N) is 1. The molecule has 1 unspecified atom stereocenters. The van der Waals surface area contributed by atoms with Gasteiger partial charge in [0, 0.05) is 18.2 Å². The zero-order valence-electron chi connectivity index (χ0n) is 25.4. The number of nitrogen functional groups attached to an aromatic ring is 1. The predicted molar refractivity (Wildman–Crippen MR) is 166 cm³/mol. The Balaban J connectivity index is 1.76. The van der Waals surface area contributed by atoms with Crippen LogP contribution in [0.3, 0.4) is 0 Å². The van der Waals surface area contributed by atoms with Gasteiger partial charge in [-0.05, 0) is 52.3 Å². The van der Waals surface area contributed by atoms with Crippen LogP contribution in [0.5, 0.6) is 5.75 Å². The molecule has 3 aromatic heterocycles. The number of nitrogens with zero attached hydrogens (tertiary/aromatic N) is 4. The third-order valence-corrected chi connectivity index (χ3v) is 8.32.